The van der Waals surface area contributed by atoms with E-state index in [0.29, 0.717) is 11.3 Å². The third-order valence-electron chi connectivity index (χ3n) is 1.52. The molecule has 0 unspecified atom stereocenters. The molecular weight excluding hydrogens is 226 g/mol. The van der Waals surface area contributed by atoms with Crippen molar-refractivity contribution in [2.75, 3.05) is 0 Å². The fraction of sp³-hybridized carbons (Fsp3) is 0.250. The van der Waals surface area contributed by atoms with E-state index in [2.05, 4.69) is 0 Å². The van der Waals surface area contributed by atoms with Crippen LogP contribution in [0.4, 0.5) is 5.69 Å². The van der Waals surface area contributed by atoms with Gasteiger partial charge in [-0.2, -0.15) is 5.48 Å². The molecule has 1 aromatic carbocycles. The molecule has 0 bridgehead atoms. The van der Waals surface area contributed by atoms with E-state index in [1.165, 1.54) is 0 Å². The number of benzene rings is 1. The molecular formula is C8H13ClNO3S+. The summed E-state index contributed by atoms with van der Waals surface area (Å²) in [6, 6.07) is 6.59. The van der Waals surface area contributed by atoms with Gasteiger partial charge in [0, 0.05) is 22.3 Å². The fourth-order valence-corrected chi connectivity index (χ4v) is 1.96. The molecule has 0 aromatic heterocycles. The van der Waals surface area contributed by atoms with Gasteiger partial charge in [0.25, 0.3) is 0 Å². The number of halogens is 1. The average Bonchev–Trinajstić information content (AvgIpc) is 2.02. The van der Waals surface area contributed by atoms with Crippen LogP contribution in [-0.4, -0.2) is 13.6 Å². The van der Waals surface area contributed by atoms with Gasteiger partial charge in [0.15, 0.2) is 5.69 Å². The lowest BCUT2D eigenvalue weighted by Crippen LogP contribution is -2.74. The second-order valence-electron chi connectivity index (χ2n) is 2.51. The summed E-state index contributed by atoms with van der Waals surface area (Å²) in [6.45, 7) is 0. The molecule has 0 aliphatic rings. The second kappa shape index (κ2) is 5.31. The van der Waals surface area contributed by atoms with Crippen LogP contribution in [0.5, 0.6) is 0 Å². The zero-order valence-corrected chi connectivity index (χ0v) is 8.22. The van der Waals surface area contributed by atoms with E-state index in [9.17, 15) is 8.42 Å². The Bertz CT molecular complexity index is 391. The van der Waals surface area contributed by atoms with Crippen LogP contribution in [0.1, 0.15) is 13.0 Å². The first-order chi connectivity index (χ1) is 6.03. The molecule has 1 rings (SSSR count). The van der Waals surface area contributed by atoms with Crippen molar-refractivity contribution in [3.8, 4) is 0 Å². The third kappa shape index (κ3) is 4.06. The van der Waals surface area contributed by atoms with Crippen molar-refractivity contribution in [3.05, 3.63) is 29.8 Å². The van der Waals surface area contributed by atoms with Gasteiger partial charge in [-0.15, -0.1) is 0 Å². The van der Waals surface area contributed by atoms with Crippen molar-refractivity contribution < 1.29 is 19.1 Å². The highest BCUT2D eigenvalue weighted by Crippen LogP contribution is 2.14. The van der Waals surface area contributed by atoms with E-state index >= 15 is 0 Å². The molecule has 0 saturated carbocycles. The van der Waals surface area contributed by atoms with Gasteiger partial charge in [-0.3, -0.25) is 0 Å². The van der Waals surface area contributed by atoms with Gasteiger partial charge in [-0.25, -0.2) is 13.6 Å². The minimum absolute atomic E-state index is 0. The van der Waals surface area contributed by atoms with Crippen molar-refractivity contribution in [1.82, 2.24) is 0 Å². The summed E-state index contributed by atoms with van der Waals surface area (Å²) < 4.78 is 21.5. The molecule has 1 aromatic rings. The van der Waals surface area contributed by atoms with E-state index in [4.69, 9.17) is 15.9 Å². The molecule has 0 aliphatic carbocycles. The number of hydrogen-bond donors (Lipinski definition) is 2. The molecule has 3 N–H and O–H groups in total. The number of quaternary nitrogens is 1. The number of nitrogens with two attached hydrogens (primary N) is 1. The molecule has 4 nitrogen and oxygen atoms in total. The number of para-hydroxylation sites is 1. The van der Waals surface area contributed by atoms with Gasteiger partial charge in [-0.1, -0.05) is 25.6 Å². The summed E-state index contributed by atoms with van der Waals surface area (Å²) in [5, 5.41) is 8.75. The van der Waals surface area contributed by atoms with Crippen LogP contribution in [-0.2, 0) is 14.8 Å². The SMILES string of the molecule is C.O=S(=O)(Cl)Cc1ccccc1[NH2+]O. The summed E-state index contributed by atoms with van der Waals surface area (Å²) in [6.07, 6.45) is 0. The molecule has 0 fully saturated rings. The standard InChI is InChI=1S/C7H8ClNO3S.CH4/c8-13(11,12)5-6-3-1-2-4-7(6)9-10;/h1-4,9-10H,5H2;1H4/p+1. The van der Waals surface area contributed by atoms with Crippen molar-refractivity contribution in [2.24, 2.45) is 0 Å². The first kappa shape index (κ1) is 13.4. The second-order valence-corrected chi connectivity index (χ2v) is 5.29. The first-order valence-corrected chi connectivity index (χ1v) is 5.98. The van der Waals surface area contributed by atoms with Crippen LogP contribution in [0.25, 0.3) is 0 Å². The van der Waals surface area contributed by atoms with Crippen molar-refractivity contribution in [3.63, 3.8) is 0 Å². The Labute approximate surface area is 87.9 Å². The smallest absolute Gasteiger partial charge is 0.215 e. The zero-order valence-electron chi connectivity index (χ0n) is 6.64. The van der Waals surface area contributed by atoms with Crippen LogP contribution >= 0.6 is 10.7 Å². The van der Waals surface area contributed by atoms with E-state index in [0.717, 1.165) is 5.48 Å². The van der Waals surface area contributed by atoms with Gasteiger partial charge >= 0.3 is 0 Å². The summed E-state index contributed by atoms with van der Waals surface area (Å²) in [5.41, 5.74) is 1.81. The summed E-state index contributed by atoms with van der Waals surface area (Å²) in [5.74, 6) is -0.276. The van der Waals surface area contributed by atoms with Crippen LogP contribution in [0.2, 0.25) is 0 Å². The monoisotopic (exact) mass is 238 g/mol. The molecule has 0 radical (unpaired) electrons. The Hall–Kier alpha value is -0.620. The Morgan fingerprint density at radius 3 is 2.43 bits per heavy atom. The molecule has 0 spiro atoms. The van der Waals surface area contributed by atoms with Crippen molar-refractivity contribution in [1.29, 1.82) is 0 Å². The van der Waals surface area contributed by atoms with Crippen LogP contribution in [0, 0.1) is 0 Å². The van der Waals surface area contributed by atoms with Gasteiger partial charge in [-0.05, 0) is 0 Å². The van der Waals surface area contributed by atoms with E-state index in [1.54, 1.807) is 24.3 Å². The molecule has 80 valence electrons. The van der Waals surface area contributed by atoms with Gasteiger partial charge in [0.1, 0.15) is 0 Å². The van der Waals surface area contributed by atoms with Crippen molar-refractivity contribution >= 4 is 25.4 Å². The maximum absolute atomic E-state index is 10.7. The maximum atomic E-state index is 10.7. The Morgan fingerprint density at radius 2 is 1.93 bits per heavy atom. The largest absolute Gasteiger partial charge is 0.236 e. The quantitative estimate of drug-likeness (QED) is 0.468. The number of hydrogen-bond acceptors (Lipinski definition) is 3. The average molecular weight is 239 g/mol. The Kier molecular flexibility index (Phi) is 5.07. The van der Waals surface area contributed by atoms with Gasteiger partial charge < -0.3 is 0 Å². The predicted molar refractivity (Wildman–Crippen MR) is 55.0 cm³/mol. The molecule has 0 heterocycles. The Morgan fingerprint density at radius 1 is 1.36 bits per heavy atom. The predicted octanol–water partition coefficient (Wildman–Crippen LogP) is 0.975. The van der Waals surface area contributed by atoms with Gasteiger partial charge in [0.2, 0.25) is 9.05 Å². The zero-order chi connectivity index (χ0) is 9.90. The molecule has 6 heteroatoms. The summed E-state index contributed by atoms with van der Waals surface area (Å²) in [4.78, 5) is 0. The van der Waals surface area contributed by atoms with Gasteiger partial charge in [0.05, 0.1) is 5.75 Å². The number of rotatable bonds is 3. The highest BCUT2D eigenvalue weighted by Gasteiger charge is 2.12. The van der Waals surface area contributed by atoms with Crippen LogP contribution in [0.15, 0.2) is 24.3 Å². The maximum Gasteiger partial charge on any atom is 0.236 e. The normalized spacial score (nSPS) is 10.7. The topological polar surface area (TPSA) is 71.0 Å². The fourth-order valence-electron chi connectivity index (χ4n) is 0.977. The highest BCUT2D eigenvalue weighted by molar-refractivity contribution is 8.13. The summed E-state index contributed by atoms with van der Waals surface area (Å²) in [7, 11) is 1.50. The van der Waals surface area contributed by atoms with E-state index in [-0.39, 0.29) is 13.2 Å². The van der Waals surface area contributed by atoms with Crippen LogP contribution < -0.4 is 5.48 Å². The molecule has 0 saturated heterocycles. The highest BCUT2D eigenvalue weighted by atomic mass is 35.7. The first-order valence-electron chi connectivity index (χ1n) is 3.50. The minimum atomic E-state index is -3.57. The lowest BCUT2D eigenvalue weighted by Gasteiger charge is -2.00. The van der Waals surface area contributed by atoms with E-state index in [1.807, 2.05) is 0 Å². The van der Waals surface area contributed by atoms with Crippen LogP contribution in [0.3, 0.4) is 0 Å². The Balaban J connectivity index is 0.00000169. The third-order valence-corrected chi connectivity index (χ3v) is 2.51. The molecule has 0 atom stereocenters. The van der Waals surface area contributed by atoms with Crippen molar-refractivity contribution in [2.45, 2.75) is 13.2 Å². The molecule has 0 amide bonds. The van der Waals surface area contributed by atoms with E-state index < -0.39 is 9.05 Å². The molecule has 0 aliphatic heterocycles. The lowest BCUT2D eigenvalue weighted by molar-refractivity contribution is -0.826. The lowest BCUT2D eigenvalue weighted by atomic mass is 10.2. The molecule has 14 heavy (non-hydrogen) atoms. The minimum Gasteiger partial charge on any atom is -0.215 e. The summed E-state index contributed by atoms with van der Waals surface area (Å²) >= 11 is 0.